The first kappa shape index (κ1) is 14.2. The molecule has 0 aliphatic rings. The first-order valence-electron chi connectivity index (χ1n) is 6.77. The summed E-state index contributed by atoms with van der Waals surface area (Å²) in [7, 11) is 0. The van der Waals surface area contributed by atoms with Gasteiger partial charge in [0, 0.05) is 17.7 Å². The largest absolute Gasteiger partial charge is 0.396 e. The van der Waals surface area contributed by atoms with Gasteiger partial charge in [-0.1, -0.05) is 60.7 Å². The standard InChI is InChI=1S/C18H18O2/c19-13-7-12-17(14-15-8-3-1-4-9-15)18(20)16-10-5-2-6-11-16/h1-6,8-11,14,19H,7,12-13H2. The number of ketones is 1. The lowest BCUT2D eigenvalue weighted by Crippen LogP contribution is -2.04. The third kappa shape index (κ3) is 3.90. The molecule has 0 atom stereocenters. The molecule has 2 heteroatoms. The number of rotatable bonds is 6. The summed E-state index contributed by atoms with van der Waals surface area (Å²) < 4.78 is 0. The van der Waals surface area contributed by atoms with Gasteiger partial charge in [-0.25, -0.2) is 0 Å². The topological polar surface area (TPSA) is 37.3 Å². The van der Waals surface area contributed by atoms with E-state index in [0.717, 1.165) is 11.1 Å². The second kappa shape index (κ2) is 7.41. The lowest BCUT2D eigenvalue weighted by molar-refractivity contribution is 0.103. The summed E-state index contributed by atoms with van der Waals surface area (Å²) >= 11 is 0. The number of Topliss-reactive ketones (excluding diaryl/α,β-unsaturated/α-hetero) is 1. The Morgan fingerprint density at radius 3 is 2.15 bits per heavy atom. The van der Waals surface area contributed by atoms with E-state index in [1.165, 1.54) is 0 Å². The molecule has 0 saturated carbocycles. The van der Waals surface area contributed by atoms with E-state index in [0.29, 0.717) is 18.4 Å². The Balaban J connectivity index is 2.28. The number of carbonyl (C=O) groups is 1. The summed E-state index contributed by atoms with van der Waals surface area (Å²) in [5, 5.41) is 9.00. The van der Waals surface area contributed by atoms with Crippen molar-refractivity contribution >= 4 is 11.9 Å². The van der Waals surface area contributed by atoms with Gasteiger partial charge < -0.3 is 5.11 Å². The van der Waals surface area contributed by atoms with Crippen LogP contribution in [0.1, 0.15) is 28.8 Å². The van der Waals surface area contributed by atoms with E-state index < -0.39 is 0 Å². The van der Waals surface area contributed by atoms with Crippen LogP contribution in [0.5, 0.6) is 0 Å². The van der Waals surface area contributed by atoms with E-state index in [4.69, 9.17) is 5.11 Å². The van der Waals surface area contributed by atoms with Crippen molar-refractivity contribution < 1.29 is 9.90 Å². The number of aliphatic hydroxyl groups excluding tert-OH is 1. The number of carbonyl (C=O) groups excluding carboxylic acids is 1. The predicted molar refractivity (Wildman–Crippen MR) is 81.5 cm³/mol. The highest BCUT2D eigenvalue weighted by molar-refractivity contribution is 6.11. The van der Waals surface area contributed by atoms with Crippen molar-refractivity contribution in [2.45, 2.75) is 12.8 Å². The SMILES string of the molecule is O=C(C(=Cc1ccccc1)CCCO)c1ccccc1. The molecule has 2 aromatic carbocycles. The van der Waals surface area contributed by atoms with Crippen LogP contribution in [-0.2, 0) is 0 Å². The van der Waals surface area contributed by atoms with Crippen LogP contribution in [0.2, 0.25) is 0 Å². The molecule has 2 rings (SSSR count). The van der Waals surface area contributed by atoms with Crippen molar-refractivity contribution in [2.75, 3.05) is 6.61 Å². The highest BCUT2D eigenvalue weighted by Crippen LogP contribution is 2.17. The fourth-order valence-electron chi connectivity index (χ4n) is 2.05. The van der Waals surface area contributed by atoms with E-state index in [1.54, 1.807) is 0 Å². The summed E-state index contributed by atoms with van der Waals surface area (Å²) in [5.41, 5.74) is 2.42. The molecular formula is C18H18O2. The lowest BCUT2D eigenvalue weighted by atomic mass is 9.97. The molecular weight excluding hydrogens is 248 g/mol. The summed E-state index contributed by atoms with van der Waals surface area (Å²) in [6, 6.07) is 19.0. The van der Waals surface area contributed by atoms with Crippen molar-refractivity contribution in [2.24, 2.45) is 0 Å². The Hall–Kier alpha value is -2.19. The predicted octanol–water partition coefficient (Wildman–Crippen LogP) is 3.73. The molecule has 0 amide bonds. The second-order valence-electron chi connectivity index (χ2n) is 4.60. The summed E-state index contributed by atoms with van der Waals surface area (Å²) in [4.78, 5) is 12.5. The Labute approximate surface area is 119 Å². The molecule has 102 valence electrons. The average Bonchev–Trinajstić information content (AvgIpc) is 2.52. The Morgan fingerprint density at radius 1 is 0.950 bits per heavy atom. The van der Waals surface area contributed by atoms with Gasteiger partial charge in [-0.15, -0.1) is 0 Å². The normalized spacial score (nSPS) is 11.3. The fraction of sp³-hybridized carbons (Fsp3) is 0.167. The molecule has 2 nitrogen and oxygen atoms in total. The van der Waals surface area contributed by atoms with Crippen LogP contribution >= 0.6 is 0 Å². The van der Waals surface area contributed by atoms with Gasteiger partial charge in [0.1, 0.15) is 0 Å². The molecule has 1 N–H and O–H groups in total. The molecule has 0 radical (unpaired) electrons. The third-order valence-corrected chi connectivity index (χ3v) is 3.07. The minimum Gasteiger partial charge on any atom is -0.396 e. The molecule has 0 bridgehead atoms. The summed E-state index contributed by atoms with van der Waals surface area (Å²) in [5.74, 6) is 0.0305. The zero-order valence-electron chi connectivity index (χ0n) is 11.3. The first-order chi connectivity index (χ1) is 9.81. The van der Waals surface area contributed by atoms with Crippen molar-refractivity contribution in [3.8, 4) is 0 Å². The van der Waals surface area contributed by atoms with Gasteiger partial charge in [-0.3, -0.25) is 4.79 Å². The zero-order chi connectivity index (χ0) is 14.2. The molecule has 20 heavy (non-hydrogen) atoms. The maximum absolute atomic E-state index is 12.5. The Bertz CT molecular complexity index is 571. The fourth-order valence-corrected chi connectivity index (χ4v) is 2.05. The monoisotopic (exact) mass is 266 g/mol. The van der Waals surface area contributed by atoms with Crippen LogP contribution in [0.25, 0.3) is 6.08 Å². The number of aliphatic hydroxyl groups is 1. The van der Waals surface area contributed by atoms with Gasteiger partial charge in [-0.2, -0.15) is 0 Å². The van der Waals surface area contributed by atoms with E-state index in [2.05, 4.69) is 0 Å². The van der Waals surface area contributed by atoms with Crippen LogP contribution in [0, 0.1) is 0 Å². The Morgan fingerprint density at radius 2 is 1.55 bits per heavy atom. The molecule has 0 aliphatic carbocycles. The van der Waals surface area contributed by atoms with Crippen molar-refractivity contribution in [1.82, 2.24) is 0 Å². The number of hydrogen-bond donors (Lipinski definition) is 1. The van der Waals surface area contributed by atoms with Gasteiger partial charge in [0.2, 0.25) is 0 Å². The highest BCUT2D eigenvalue weighted by atomic mass is 16.2. The molecule has 0 unspecified atom stereocenters. The van der Waals surface area contributed by atoms with Gasteiger partial charge in [-0.05, 0) is 24.5 Å². The average molecular weight is 266 g/mol. The van der Waals surface area contributed by atoms with E-state index in [1.807, 2.05) is 66.7 Å². The van der Waals surface area contributed by atoms with Crippen LogP contribution in [0.15, 0.2) is 66.2 Å². The third-order valence-electron chi connectivity index (χ3n) is 3.07. The number of allylic oxidation sites excluding steroid dienone is 1. The van der Waals surface area contributed by atoms with Crippen LogP contribution < -0.4 is 0 Å². The summed E-state index contributed by atoms with van der Waals surface area (Å²) in [6.45, 7) is 0.0915. The van der Waals surface area contributed by atoms with Crippen molar-refractivity contribution in [1.29, 1.82) is 0 Å². The molecule has 0 saturated heterocycles. The smallest absolute Gasteiger partial charge is 0.189 e. The van der Waals surface area contributed by atoms with E-state index in [9.17, 15) is 4.79 Å². The molecule has 0 aliphatic heterocycles. The van der Waals surface area contributed by atoms with Crippen LogP contribution in [-0.4, -0.2) is 17.5 Å². The minimum absolute atomic E-state index is 0.0305. The lowest BCUT2D eigenvalue weighted by Gasteiger charge is -2.06. The minimum atomic E-state index is 0.0305. The maximum atomic E-state index is 12.5. The molecule has 2 aromatic rings. The van der Waals surface area contributed by atoms with Gasteiger partial charge in [0.05, 0.1) is 0 Å². The molecule has 0 spiro atoms. The number of hydrogen-bond acceptors (Lipinski definition) is 2. The van der Waals surface area contributed by atoms with Crippen molar-refractivity contribution in [3.05, 3.63) is 77.4 Å². The quantitative estimate of drug-likeness (QED) is 0.639. The maximum Gasteiger partial charge on any atom is 0.189 e. The summed E-state index contributed by atoms with van der Waals surface area (Å²) in [6.07, 6.45) is 3.08. The van der Waals surface area contributed by atoms with Gasteiger partial charge in [0.15, 0.2) is 5.78 Å². The molecule has 0 heterocycles. The van der Waals surface area contributed by atoms with Gasteiger partial charge >= 0.3 is 0 Å². The first-order valence-corrected chi connectivity index (χ1v) is 6.77. The van der Waals surface area contributed by atoms with Crippen LogP contribution in [0.3, 0.4) is 0 Å². The van der Waals surface area contributed by atoms with E-state index >= 15 is 0 Å². The number of benzene rings is 2. The molecule has 0 aromatic heterocycles. The highest BCUT2D eigenvalue weighted by Gasteiger charge is 2.11. The van der Waals surface area contributed by atoms with Crippen molar-refractivity contribution in [3.63, 3.8) is 0 Å². The molecule has 0 fully saturated rings. The second-order valence-corrected chi connectivity index (χ2v) is 4.60. The zero-order valence-corrected chi connectivity index (χ0v) is 11.3. The van der Waals surface area contributed by atoms with Gasteiger partial charge in [0.25, 0.3) is 0 Å². The van der Waals surface area contributed by atoms with Crippen LogP contribution in [0.4, 0.5) is 0 Å². The Kier molecular flexibility index (Phi) is 5.27. The van der Waals surface area contributed by atoms with E-state index in [-0.39, 0.29) is 12.4 Å².